The number of hydrogen-bond acceptors (Lipinski definition) is 11. The molecule has 1 aliphatic heterocycles. The third-order valence-corrected chi connectivity index (χ3v) is 5.84. The Hall–Kier alpha value is -3.55. The normalized spacial score (nSPS) is 13.2. The first-order chi connectivity index (χ1) is 19.5. The van der Waals surface area contributed by atoms with E-state index in [4.69, 9.17) is 18.9 Å². The van der Waals surface area contributed by atoms with E-state index < -0.39 is 0 Å². The number of likely N-dealkylation sites (N-methyl/N-ethyl adjacent to an activating group) is 1. The fourth-order valence-corrected chi connectivity index (χ4v) is 3.60. The zero-order chi connectivity index (χ0) is 28.6. The van der Waals surface area contributed by atoms with Gasteiger partial charge in [0, 0.05) is 52.2 Å². The Kier molecular flexibility index (Phi) is 13.3. The van der Waals surface area contributed by atoms with Crippen molar-refractivity contribution in [2.75, 3.05) is 92.5 Å². The Morgan fingerprint density at radius 2 is 1.45 bits per heavy atom. The van der Waals surface area contributed by atoms with Gasteiger partial charge in [0.05, 0.1) is 69.9 Å². The Morgan fingerprint density at radius 3 is 2.05 bits per heavy atom. The van der Waals surface area contributed by atoms with Gasteiger partial charge in [0.15, 0.2) is 0 Å². The highest BCUT2D eigenvalue weighted by Crippen LogP contribution is 2.21. The van der Waals surface area contributed by atoms with Crippen molar-refractivity contribution in [2.45, 2.75) is 0 Å². The second-order valence-corrected chi connectivity index (χ2v) is 9.16. The minimum absolute atomic E-state index is 0.166. The summed E-state index contributed by atoms with van der Waals surface area (Å²) in [5, 5.41) is 15.2. The molecule has 12 nitrogen and oxygen atoms in total. The lowest BCUT2D eigenvalue weighted by Gasteiger charge is -2.20. The lowest BCUT2D eigenvalue weighted by Crippen LogP contribution is -2.40. The molecule has 2 aromatic rings. The van der Waals surface area contributed by atoms with Gasteiger partial charge < -0.3 is 29.2 Å². The topological polar surface area (TPSA) is 112 Å². The number of azo groups is 1. The van der Waals surface area contributed by atoms with E-state index in [1.165, 1.54) is 0 Å². The number of carbonyl (C=O) groups is 1. The van der Waals surface area contributed by atoms with Crippen molar-refractivity contribution in [3.63, 3.8) is 0 Å². The van der Waals surface area contributed by atoms with E-state index in [0.717, 1.165) is 17.1 Å². The maximum Gasteiger partial charge on any atom is 0.251 e. The number of nitrogens with zero attached hydrogens (tertiary/aromatic N) is 5. The summed E-state index contributed by atoms with van der Waals surface area (Å²) < 4.78 is 21.8. The number of nitrogens with one attached hydrogen (secondary N) is 2. The van der Waals surface area contributed by atoms with Crippen LogP contribution < -0.4 is 15.8 Å². The molecule has 0 saturated heterocycles. The maximum atomic E-state index is 12.3. The summed E-state index contributed by atoms with van der Waals surface area (Å²) in [4.78, 5) is 14.4. The Bertz CT molecular complexity index is 1080. The zero-order valence-electron chi connectivity index (χ0n) is 23.8. The van der Waals surface area contributed by atoms with Crippen molar-refractivity contribution >= 4 is 23.0 Å². The quantitative estimate of drug-likeness (QED) is 0.212. The van der Waals surface area contributed by atoms with Crippen LogP contribution in [0.2, 0.25) is 0 Å². The van der Waals surface area contributed by atoms with E-state index in [9.17, 15) is 4.79 Å². The third kappa shape index (κ3) is 10.9. The standard InChI is InChI=1S/C28H41N7O5/c1-33(2)26-11-9-25(10-12-26)31-30-24-7-5-23(6-8-24)28(36)29-13-15-38-17-19-40-20-18-39-16-14-35-21-27(22-37-4)34(3)32-35/h5-12,21,32H,13-20,22H2,1-4H3,(H,29,36). The van der Waals surface area contributed by atoms with Crippen molar-refractivity contribution in [3.8, 4) is 0 Å². The van der Waals surface area contributed by atoms with E-state index in [1.54, 1.807) is 31.4 Å². The highest BCUT2D eigenvalue weighted by atomic mass is 16.5. The fourth-order valence-electron chi connectivity index (χ4n) is 3.60. The number of benzene rings is 2. The second kappa shape index (κ2) is 17.2. The van der Waals surface area contributed by atoms with Crippen molar-refractivity contribution in [1.82, 2.24) is 20.9 Å². The van der Waals surface area contributed by atoms with Crippen LogP contribution in [0, 0.1) is 0 Å². The van der Waals surface area contributed by atoms with Gasteiger partial charge in [-0.15, -0.1) is 5.53 Å². The van der Waals surface area contributed by atoms with Crippen LogP contribution in [0.4, 0.5) is 17.1 Å². The number of carbonyl (C=O) groups excluding carboxylic acids is 1. The molecular weight excluding hydrogens is 514 g/mol. The second-order valence-electron chi connectivity index (χ2n) is 9.16. The van der Waals surface area contributed by atoms with Gasteiger partial charge in [-0.2, -0.15) is 10.2 Å². The predicted molar refractivity (Wildman–Crippen MR) is 154 cm³/mol. The third-order valence-electron chi connectivity index (χ3n) is 5.84. The van der Waals surface area contributed by atoms with E-state index in [-0.39, 0.29) is 5.91 Å². The van der Waals surface area contributed by atoms with Crippen LogP contribution in [0.15, 0.2) is 70.7 Å². The smallest absolute Gasteiger partial charge is 0.251 e. The number of hydrogen-bond donors (Lipinski definition) is 2. The summed E-state index contributed by atoms with van der Waals surface area (Å²) in [6.07, 6.45) is 2.00. The van der Waals surface area contributed by atoms with Crippen molar-refractivity contribution in [3.05, 3.63) is 66.0 Å². The Labute approximate surface area is 236 Å². The molecule has 2 N–H and O–H groups in total. The number of hydrazine groups is 2. The van der Waals surface area contributed by atoms with Crippen LogP contribution in [0.1, 0.15) is 10.4 Å². The molecule has 0 fully saturated rings. The number of rotatable bonds is 18. The van der Waals surface area contributed by atoms with Crippen LogP contribution >= 0.6 is 0 Å². The number of amides is 1. The van der Waals surface area contributed by atoms with Crippen LogP contribution in [-0.4, -0.2) is 104 Å². The molecule has 0 atom stereocenters. The molecule has 0 unspecified atom stereocenters. The summed E-state index contributed by atoms with van der Waals surface area (Å²) in [7, 11) is 7.59. The molecule has 1 amide bonds. The van der Waals surface area contributed by atoms with E-state index >= 15 is 0 Å². The highest BCUT2D eigenvalue weighted by Gasteiger charge is 2.16. The van der Waals surface area contributed by atoms with Gasteiger partial charge in [-0.05, 0) is 48.5 Å². The number of anilines is 1. The maximum absolute atomic E-state index is 12.3. The minimum Gasteiger partial charge on any atom is -0.378 e. The molecule has 0 aromatic heterocycles. The van der Waals surface area contributed by atoms with E-state index in [1.807, 2.05) is 66.5 Å². The van der Waals surface area contributed by atoms with Crippen LogP contribution in [0.3, 0.4) is 0 Å². The molecule has 12 heteroatoms. The predicted octanol–water partition coefficient (Wildman–Crippen LogP) is 3.10. The van der Waals surface area contributed by atoms with E-state index in [2.05, 4.69) is 21.1 Å². The zero-order valence-corrected chi connectivity index (χ0v) is 23.8. The Balaban J connectivity index is 1.18. The van der Waals surface area contributed by atoms with Gasteiger partial charge in [-0.3, -0.25) is 14.8 Å². The molecule has 0 bridgehead atoms. The number of methoxy groups -OCH3 is 1. The van der Waals surface area contributed by atoms with Gasteiger partial charge in [-0.1, -0.05) is 0 Å². The molecule has 40 heavy (non-hydrogen) atoms. The summed E-state index contributed by atoms with van der Waals surface area (Å²) >= 11 is 0. The molecule has 0 aliphatic carbocycles. The van der Waals surface area contributed by atoms with Crippen LogP contribution in [0.25, 0.3) is 0 Å². The van der Waals surface area contributed by atoms with Gasteiger partial charge in [0.2, 0.25) is 0 Å². The first-order valence-corrected chi connectivity index (χ1v) is 13.2. The molecule has 3 rings (SSSR count). The first kappa shape index (κ1) is 31.0. The highest BCUT2D eigenvalue weighted by molar-refractivity contribution is 5.94. The first-order valence-electron chi connectivity index (χ1n) is 13.2. The molecule has 0 spiro atoms. The average molecular weight is 556 g/mol. The van der Waals surface area contributed by atoms with Crippen LogP contribution in [-0.2, 0) is 18.9 Å². The summed E-state index contributed by atoms with van der Waals surface area (Å²) in [6.45, 7) is 4.59. The molecule has 218 valence electrons. The monoisotopic (exact) mass is 555 g/mol. The van der Waals surface area contributed by atoms with Gasteiger partial charge in [0.25, 0.3) is 5.91 Å². The number of ether oxygens (including phenoxy) is 4. The van der Waals surface area contributed by atoms with Gasteiger partial charge in [0.1, 0.15) is 0 Å². The molecule has 2 aromatic carbocycles. The fraction of sp³-hybridized carbons (Fsp3) is 0.464. The van der Waals surface area contributed by atoms with Gasteiger partial charge in [-0.25, -0.2) is 0 Å². The lowest BCUT2D eigenvalue weighted by molar-refractivity contribution is 0.00870. The van der Waals surface area contributed by atoms with Crippen molar-refractivity contribution in [1.29, 1.82) is 0 Å². The van der Waals surface area contributed by atoms with Crippen molar-refractivity contribution in [2.24, 2.45) is 10.2 Å². The summed E-state index contributed by atoms with van der Waals surface area (Å²) in [5.74, 6) is -0.166. The summed E-state index contributed by atoms with van der Waals surface area (Å²) in [6, 6.07) is 14.8. The van der Waals surface area contributed by atoms with Crippen LogP contribution in [0.5, 0.6) is 0 Å². The largest absolute Gasteiger partial charge is 0.378 e. The molecule has 1 heterocycles. The van der Waals surface area contributed by atoms with Crippen molar-refractivity contribution < 1.29 is 23.7 Å². The Morgan fingerprint density at radius 1 is 0.875 bits per heavy atom. The molecule has 0 saturated carbocycles. The molecular formula is C28H41N7O5. The SMILES string of the molecule is COCC1=CN(CCOCCOCCOCCNC(=O)c2ccc(N=Nc3ccc(N(C)C)cc3)cc2)NN1C. The average Bonchev–Trinajstić information content (AvgIpc) is 3.31. The van der Waals surface area contributed by atoms with E-state index in [0.29, 0.717) is 70.6 Å². The molecule has 1 aliphatic rings. The molecule has 0 radical (unpaired) electrons. The van der Waals surface area contributed by atoms with Gasteiger partial charge >= 0.3 is 0 Å². The lowest BCUT2D eigenvalue weighted by atomic mass is 10.2. The summed E-state index contributed by atoms with van der Waals surface area (Å²) in [5.41, 5.74) is 7.33. The minimum atomic E-state index is -0.166.